The number of hydrogen-bond donors (Lipinski definition) is 2. The van der Waals surface area contributed by atoms with Crippen molar-refractivity contribution in [3.05, 3.63) is 77.9 Å². The molecule has 35 heavy (non-hydrogen) atoms. The molecule has 1 atom stereocenters. The molecule has 6 heteroatoms. The van der Waals surface area contributed by atoms with E-state index in [0.29, 0.717) is 5.92 Å². The van der Waals surface area contributed by atoms with Gasteiger partial charge < -0.3 is 15.0 Å². The number of morpholine rings is 1. The van der Waals surface area contributed by atoms with Gasteiger partial charge in [0.15, 0.2) is 0 Å². The smallest absolute Gasteiger partial charge is 0.232 e. The van der Waals surface area contributed by atoms with Crippen LogP contribution in [-0.2, 0) is 9.53 Å². The summed E-state index contributed by atoms with van der Waals surface area (Å²) < 4.78 is 5.47. The lowest BCUT2D eigenvalue weighted by molar-refractivity contribution is -0.118. The molecular weight excluding hydrogens is 436 g/mol. The summed E-state index contributed by atoms with van der Waals surface area (Å²) in [5.74, 6) is 0.388. The first-order chi connectivity index (χ1) is 17.2. The Kier molecular flexibility index (Phi) is 5.74. The van der Waals surface area contributed by atoms with Crippen LogP contribution in [0.25, 0.3) is 22.2 Å². The highest BCUT2D eigenvalue weighted by Crippen LogP contribution is 2.44. The largest absolute Gasteiger partial charge is 0.378 e. The van der Waals surface area contributed by atoms with E-state index in [9.17, 15) is 4.79 Å². The van der Waals surface area contributed by atoms with Gasteiger partial charge in [0.2, 0.25) is 5.91 Å². The Morgan fingerprint density at radius 3 is 2.57 bits per heavy atom. The number of fused-ring (bicyclic) bond motifs is 1. The molecule has 2 N–H and O–H groups in total. The van der Waals surface area contributed by atoms with Crippen LogP contribution >= 0.6 is 0 Å². The van der Waals surface area contributed by atoms with E-state index in [1.165, 1.54) is 11.3 Å². The van der Waals surface area contributed by atoms with Crippen LogP contribution in [0.4, 0.5) is 11.4 Å². The Balaban J connectivity index is 1.25. The highest BCUT2D eigenvalue weighted by atomic mass is 16.5. The summed E-state index contributed by atoms with van der Waals surface area (Å²) in [6.45, 7) is 5.46. The number of aromatic amines is 1. The van der Waals surface area contributed by atoms with Crippen LogP contribution in [0.2, 0.25) is 0 Å². The number of nitrogens with zero attached hydrogens (tertiary/aromatic N) is 2. The van der Waals surface area contributed by atoms with Gasteiger partial charge in [-0.1, -0.05) is 36.4 Å². The zero-order chi connectivity index (χ0) is 23.8. The number of rotatable bonds is 6. The summed E-state index contributed by atoms with van der Waals surface area (Å²) in [4.78, 5) is 15.8. The second kappa shape index (κ2) is 9.19. The van der Waals surface area contributed by atoms with Gasteiger partial charge in [0.1, 0.15) is 0 Å². The summed E-state index contributed by atoms with van der Waals surface area (Å²) in [6.07, 6.45) is 2.22. The van der Waals surface area contributed by atoms with Crippen molar-refractivity contribution in [3.63, 3.8) is 0 Å². The van der Waals surface area contributed by atoms with Crippen molar-refractivity contribution < 1.29 is 9.53 Å². The average molecular weight is 467 g/mol. The molecule has 1 aliphatic carbocycles. The van der Waals surface area contributed by atoms with Crippen LogP contribution in [0.1, 0.15) is 29.9 Å². The number of aryl methyl sites for hydroxylation is 1. The standard InChI is InChI=1S/C29H30N4O2/c1-19-4-2-3-5-24(19)27(20-6-7-20)29(34)30-22-10-13-26-25(18-22)28(32-31-26)21-8-11-23(12-9-21)33-14-16-35-17-15-33/h2-5,8-13,18,20,27H,6-7,14-17H2,1H3,(H,30,34)(H,31,32). The zero-order valence-corrected chi connectivity index (χ0v) is 20.0. The molecule has 0 radical (unpaired) electrons. The molecule has 1 amide bonds. The Bertz CT molecular complexity index is 1350. The van der Waals surface area contributed by atoms with Gasteiger partial charge in [0.25, 0.3) is 0 Å². The van der Waals surface area contributed by atoms with E-state index in [4.69, 9.17) is 4.74 Å². The molecule has 2 fully saturated rings. The van der Waals surface area contributed by atoms with Gasteiger partial charge in [0.05, 0.1) is 30.3 Å². The Hall–Kier alpha value is -3.64. The SMILES string of the molecule is Cc1ccccc1C(C(=O)Nc1ccc2[nH]nc(-c3ccc(N4CCOCC4)cc3)c2c1)C1CC1. The number of carbonyl (C=O) groups excluding carboxylic acids is 1. The molecule has 1 unspecified atom stereocenters. The summed E-state index contributed by atoms with van der Waals surface area (Å²) in [7, 11) is 0. The summed E-state index contributed by atoms with van der Waals surface area (Å²) in [5, 5.41) is 11.9. The number of benzene rings is 3. The van der Waals surface area contributed by atoms with Crippen molar-refractivity contribution in [1.82, 2.24) is 10.2 Å². The van der Waals surface area contributed by atoms with Crippen LogP contribution in [0.5, 0.6) is 0 Å². The van der Waals surface area contributed by atoms with Crippen LogP contribution in [-0.4, -0.2) is 42.4 Å². The maximum atomic E-state index is 13.4. The van der Waals surface area contributed by atoms with E-state index in [1.54, 1.807) is 0 Å². The first-order valence-corrected chi connectivity index (χ1v) is 12.4. The summed E-state index contributed by atoms with van der Waals surface area (Å²) in [5.41, 5.74) is 7.20. The maximum Gasteiger partial charge on any atom is 0.232 e. The monoisotopic (exact) mass is 466 g/mol. The fourth-order valence-electron chi connectivity index (χ4n) is 5.16. The van der Waals surface area contributed by atoms with Gasteiger partial charge in [0, 0.05) is 35.4 Å². The minimum atomic E-state index is -0.108. The number of aromatic nitrogens is 2. The van der Waals surface area contributed by atoms with Gasteiger partial charge in [-0.15, -0.1) is 0 Å². The summed E-state index contributed by atoms with van der Waals surface area (Å²) >= 11 is 0. The van der Waals surface area contributed by atoms with Gasteiger partial charge in [-0.25, -0.2) is 0 Å². The lowest BCUT2D eigenvalue weighted by atomic mass is 9.90. The molecule has 6 nitrogen and oxygen atoms in total. The number of anilines is 2. The molecule has 1 aliphatic heterocycles. The maximum absolute atomic E-state index is 13.4. The second-order valence-corrected chi connectivity index (χ2v) is 9.64. The Morgan fingerprint density at radius 2 is 1.83 bits per heavy atom. The van der Waals surface area contributed by atoms with Gasteiger partial charge in [-0.05, 0) is 67.1 Å². The molecule has 2 heterocycles. The molecule has 3 aromatic carbocycles. The van der Waals surface area contributed by atoms with Crippen LogP contribution in [0.15, 0.2) is 66.7 Å². The van der Waals surface area contributed by atoms with E-state index < -0.39 is 0 Å². The highest BCUT2D eigenvalue weighted by Gasteiger charge is 2.38. The lowest BCUT2D eigenvalue weighted by Crippen LogP contribution is -2.36. The average Bonchev–Trinajstić information content (AvgIpc) is 3.64. The number of nitrogens with one attached hydrogen (secondary N) is 2. The zero-order valence-electron chi connectivity index (χ0n) is 20.0. The molecule has 0 bridgehead atoms. The number of carbonyl (C=O) groups is 1. The molecule has 2 aliphatic rings. The van der Waals surface area contributed by atoms with Gasteiger partial charge in [-0.3, -0.25) is 9.89 Å². The van der Waals surface area contributed by atoms with Crippen molar-refractivity contribution >= 4 is 28.2 Å². The third kappa shape index (κ3) is 4.42. The number of ether oxygens (including phenoxy) is 1. The van der Waals surface area contributed by atoms with E-state index >= 15 is 0 Å². The van der Waals surface area contributed by atoms with Crippen molar-refractivity contribution in [2.24, 2.45) is 5.92 Å². The topological polar surface area (TPSA) is 70.2 Å². The molecule has 4 aromatic rings. The Morgan fingerprint density at radius 1 is 1.06 bits per heavy atom. The summed E-state index contributed by atoms with van der Waals surface area (Å²) in [6, 6.07) is 22.7. The van der Waals surface area contributed by atoms with Crippen LogP contribution in [0, 0.1) is 12.8 Å². The number of H-pyrrole nitrogens is 1. The van der Waals surface area contributed by atoms with Crippen LogP contribution in [0.3, 0.4) is 0 Å². The quantitative estimate of drug-likeness (QED) is 0.393. The molecule has 0 spiro atoms. The van der Waals surface area contributed by atoms with E-state index in [0.717, 1.165) is 72.6 Å². The molecule has 1 saturated carbocycles. The predicted molar refractivity (Wildman–Crippen MR) is 140 cm³/mol. The number of amides is 1. The predicted octanol–water partition coefficient (Wildman–Crippen LogP) is 5.51. The van der Waals surface area contributed by atoms with Crippen molar-refractivity contribution in [3.8, 4) is 11.3 Å². The van der Waals surface area contributed by atoms with E-state index in [2.05, 4.69) is 63.7 Å². The second-order valence-electron chi connectivity index (χ2n) is 9.64. The van der Waals surface area contributed by atoms with Crippen molar-refractivity contribution in [1.29, 1.82) is 0 Å². The number of hydrogen-bond acceptors (Lipinski definition) is 4. The minimum Gasteiger partial charge on any atom is -0.378 e. The first kappa shape index (κ1) is 21.9. The fourth-order valence-corrected chi connectivity index (χ4v) is 5.16. The minimum absolute atomic E-state index is 0.0704. The first-order valence-electron chi connectivity index (χ1n) is 12.4. The van der Waals surface area contributed by atoms with Gasteiger partial charge >= 0.3 is 0 Å². The fraction of sp³-hybridized carbons (Fsp3) is 0.310. The molecule has 1 saturated heterocycles. The third-order valence-corrected chi connectivity index (χ3v) is 7.25. The highest BCUT2D eigenvalue weighted by molar-refractivity contribution is 6.00. The normalized spacial score (nSPS) is 16.9. The molecule has 178 valence electrons. The lowest BCUT2D eigenvalue weighted by Gasteiger charge is -2.28. The molecule has 1 aromatic heterocycles. The van der Waals surface area contributed by atoms with Crippen molar-refractivity contribution in [2.75, 3.05) is 36.5 Å². The van der Waals surface area contributed by atoms with E-state index in [-0.39, 0.29) is 11.8 Å². The third-order valence-electron chi connectivity index (χ3n) is 7.25. The van der Waals surface area contributed by atoms with E-state index in [1.807, 2.05) is 30.3 Å². The van der Waals surface area contributed by atoms with Crippen LogP contribution < -0.4 is 10.2 Å². The van der Waals surface area contributed by atoms with Gasteiger partial charge in [-0.2, -0.15) is 5.10 Å². The molecule has 6 rings (SSSR count). The Labute approximate surface area is 205 Å². The molecular formula is C29H30N4O2. The van der Waals surface area contributed by atoms with Crippen molar-refractivity contribution in [2.45, 2.75) is 25.7 Å².